The van der Waals surface area contributed by atoms with Gasteiger partial charge < -0.3 is 0 Å². The molecule has 52 valence electrons. The molecule has 0 aliphatic rings. The first-order chi connectivity index (χ1) is 3.63. The van der Waals surface area contributed by atoms with E-state index < -0.39 is 27.4 Å². The first-order valence-electron chi connectivity index (χ1n) is 2.56. The predicted octanol–water partition coefficient (Wildman–Crippen LogP) is 1.89. The summed E-state index contributed by atoms with van der Waals surface area (Å²) >= 11 is -0.529. The molecule has 0 aromatic rings. The molecule has 1 nitrogen and oxygen atoms in total. The van der Waals surface area contributed by atoms with Crippen LogP contribution < -0.4 is 4.39 Å². The fraction of sp³-hybridized carbons (Fsp3) is 1.00. The van der Waals surface area contributed by atoms with Gasteiger partial charge in [0.1, 0.15) is 0 Å². The number of hydrogen-bond acceptors (Lipinski definition) is 2. The van der Waals surface area contributed by atoms with Crippen LogP contribution >= 0.6 is 27.6 Å². The Balaban J connectivity index is 2.93. The molecule has 0 aromatic carbocycles. The van der Waals surface area contributed by atoms with Gasteiger partial charge in [0, 0.05) is 0 Å². The molecule has 0 heterocycles. The van der Waals surface area contributed by atoms with Crippen molar-refractivity contribution in [2.75, 3.05) is 9.86 Å². The minimum absolute atomic E-state index is 0.475. The van der Waals surface area contributed by atoms with Gasteiger partial charge in [0.15, 0.2) is 0 Å². The molecule has 0 fully saturated rings. The van der Waals surface area contributed by atoms with E-state index in [-0.39, 0.29) is 0 Å². The summed E-state index contributed by atoms with van der Waals surface area (Å²) in [5, 5.41) is 0. The van der Waals surface area contributed by atoms with Crippen molar-refractivity contribution in [3.8, 4) is 0 Å². The van der Waals surface area contributed by atoms with Crippen LogP contribution in [-0.2, 0) is 0 Å². The summed E-state index contributed by atoms with van der Waals surface area (Å²) in [6.45, 7) is 4.62. The SMILES string of the molecule is C[SiH](C)NSI(C)C. The second kappa shape index (κ2) is 5.07. The van der Waals surface area contributed by atoms with Gasteiger partial charge in [-0.2, -0.15) is 0 Å². The third kappa shape index (κ3) is 7.26. The van der Waals surface area contributed by atoms with E-state index in [9.17, 15) is 0 Å². The number of hydrogen-bond donors (Lipinski definition) is 1. The topological polar surface area (TPSA) is 12.0 Å². The molecular formula is C4H14INSSi. The van der Waals surface area contributed by atoms with Gasteiger partial charge in [-0.15, -0.1) is 0 Å². The number of halogens is 1. The first kappa shape index (κ1) is 9.26. The molecule has 0 aliphatic carbocycles. The molecule has 0 radical (unpaired) electrons. The fourth-order valence-corrected chi connectivity index (χ4v) is 10.8. The zero-order valence-electron chi connectivity index (χ0n) is 5.86. The summed E-state index contributed by atoms with van der Waals surface area (Å²) in [6.07, 6.45) is 0. The maximum atomic E-state index is 3.47. The van der Waals surface area contributed by atoms with Gasteiger partial charge in [0.25, 0.3) is 0 Å². The zero-order valence-corrected chi connectivity index (χ0v) is 9.99. The van der Waals surface area contributed by atoms with Gasteiger partial charge in [-0.05, 0) is 0 Å². The average Bonchev–Trinajstić information content (AvgIpc) is 1.61. The van der Waals surface area contributed by atoms with Crippen LogP contribution in [0, 0.1) is 0 Å². The molecule has 0 bridgehead atoms. The van der Waals surface area contributed by atoms with E-state index in [0.717, 1.165) is 0 Å². The molecule has 0 saturated heterocycles. The first-order valence-corrected chi connectivity index (χ1v) is 13.1. The molecule has 8 heavy (non-hydrogen) atoms. The Bertz CT molecular complexity index is 52.0. The van der Waals surface area contributed by atoms with Gasteiger partial charge in [0.2, 0.25) is 0 Å². The predicted molar refractivity (Wildman–Crippen MR) is 55.5 cm³/mol. The normalized spacial score (nSPS) is 12.4. The Morgan fingerprint density at radius 2 is 1.88 bits per heavy atom. The molecule has 1 N–H and O–H groups in total. The Hall–Kier alpha value is 1.26. The molecule has 0 saturated carbocycles. The summed E-state index contributed by atoms with van der Waals surface area (Å²) in [7, 11) is 1.53. The van der Waals surface area contributed by atoms with E-state index >= 15 is 0 Å². The van der Waals surface area contributed by atoms with Crippen LogP contribution in [0.5, 0.6) is 0 Å². The maximum absolute atomic E-state index is 3.47. The molecule has 0 atom stereocenters. The van der Waals surface area contributed by atoms with E-state index in [1.54, 1.807) is 0 Å². The third-order valence-corrected chi connectivity index (χ3v) is 7.92. The molecule has 0 amide bonds. The Labute approximate surface area is 63.7 Å². The van der Waals surface area contributed by atoms with Gasteiger partial charge in [-0.1, -0.05) is 0 Å². The Morgan fingerprint density at radius 1 is 1.38 bits per heavy atom. The van der Waals surface area contributed by atoms with E-state index in [2.05, 4.69) is 27.3 Å². The summed E-state index contributed by atoms with van der Waals surface area (Å²) in [4.78, 5) is 4.72. The molecule has 0 rings (SSSR count). The Kier molecular flexibility index (Phi) is 5.87. The molecule has 0 aliphatic heterocycles. The van der Waals surface area contributed by atoms with Crippen molar-refractivity contribution in [1.29, 1.82) is 0 Å². The van der Waals surface area contributed by atoms with Crippen molar-refractivity contribution in [3.05, 3.63) is 0 Å². The summed E-state index contributed by atoms with van der Waals surface area (Å²) in [5.41, 5.74) is 0. The molecular weight excluding hydrogens is 249 g/mol. The average molecular weight is 263 g/mol. The van der Waals surface area contributed by atoms with E-state index in [1.165, 1.54) is 0 Å². The summed E-state index contributed by atoms with van der Waals surface area (Å²) in [6, 6.07) is 0. The molecule has 0 aromatic heterocycles. The van der Waals surface area contributed by atoms with E-state index in [1.807, 2.05) is 9.12 Å². The number of rotatable bonds is 3. The fourth-order valence-electron chi connectivity index (χ4n) is 0.178. The van der Waals surface area contributed by atoms with E-state index in [0.29, 0.717) is 0 Å². The minimum atomic E-state index is -0.529. The quantitative estimate of drug-likeness (QED) is 0.361. The molecule has 0 spiro atoms. The zero-order chi connectivity index (χ0) is 6.57. The van der Waals surface area contributed by atoms with Crippen LogP contribution in [0.25, 0.3) is 0 Å². The second-order valence-corrected chi connectivity index (χ2v) is 14.8. The van der Waals surface area contributed by atoms with Crippen molar-refractivity contribution in [2.45, 2.75) is 13.1 Å². The van der Waals surface area contributed by atoms with Crippen molar-refractivity contribution < 1.29 is 0 Å². The van der Waals surface area contributed by atoms with E-state index in [4.69, 9.17) is 0 Å². The second-order valence-electron chi connectivity index (χ2n) is 2.04. The number of alkyl halides is 2. The molecule has 0 unspecified atom stereocenters. The standard InChI is InChI=1S/C4H14INSSi/c1-5(2)7-6-8(3)4/h6,8H,1-4H3. The summed E-state index contributed by atoms with van der Waals surface area (Å²) in [5.74, 6) is 0. The van der Waals surface area contributed by atoms with Crippen LogP contribution in [0.2, 0.25) is 13.1 Å². The van der Waals surface area contributed by atoms with Crippen LogP contribution in [0.4, 0.5) is 0 Å². The van der Waals surface area contributed by atoms with Gasteiger partial charge in [0.05, 0.1) is 0 Å². The third-order valence-electron chi connectivity index (χ3n) is 0.435. The van der Waals surface area contributed by atoms with Crippen molar-refractivity contribution >= 4 is 36.5 Å². The van der Waals surface area contributed by atoms with Crippen molar-refractivity contribution in [3.63, 3.8) is 0 Å². The monoisotopic (exact) mass is 263 g/mol. The van der Waals surface area contributed by atoms with Gasteiger partial charge in [-0.25, -0.2) is 0 Å². The number of nitrogens with one attached hydrogen (secondary N) is 1. The van der Waals surface area contributed by atoms with Crippen LogP contribution in [0.3, 0.4) is 0 Å². The van der Waals surface area contributed by atoms with Crippen molar-refractivity contribution in [1.82, 2.24) is 4.39 Å². The molecule has 4 heteroatoms. The van der Waals surface area contributed by atoms with Crippen LogP contribution in [-0.4, -0.2) is 18.8 Å². The van der Waals surface area contributed by atoms with Crippen LogP contribution in [0.1, 0.15) is 0 Å². The van der Waals surface area contributed by atoms with Crippen LogP contribution in [0.15, 0.2) is 0 Å². The summed E-state index contributed by atoms with van der Waals surface area (Å²) < 4.78 is 3.47. The van der Waals surface area contributed by atoms with Gasteiger partial charge >= 0.3 is 63.9 Å². The van der Waals surface area contributed by atoms with Gasteiger partial charge in [-0.3, -0.25) is 0 Å². The Morgan fingerprint density at radius 3 is 2.00 bits per heavy atom. The van der Waals surface area contributed by atoms with Crippen molar-refractivity contribution in [2.24, 2.45) is 0 Å².